The van der Waals surface area contributed by atoms with Crippen molar-refractivity contribution < 1.29 is 17.2 Å². The van der Waals surface area contributed by atoms with Crippen molar-refractivity contribution in [2.24, 2.45) is 0 Å². The summed E-state index contributed by atoms with van der Waals surface area (Å²) >= 11 is 1.27. The molecule has 0 atom stereocenters. The van der Waals surface area contributed by atoms with Crippen LogP contribution in [0.3, 0.4) is 0 Å². The predicted octanol–water partition coefficient (Wildman–Crippen LogP) is 4.08. The smallest absolute Gasteiger partial charge is 0.266 e. The number of halogens is 2. The minimum Gasteiger partial charge on any atom is -0.367 e. The number of pyridine rings is 1. The van der Waals surface area contributed by atoms with Crippen LogP contribution in [0.25, 0.3) is 5.65 Å². The lowest BCUT2D eigenvalue weighted by molar-refractivity contribution is 0.323. The Morgan fingerprint density at radius 1 is 1.03 bits per heavy atom. The first-order valence-corrected chi connectivity index (χ1v) is 13.1. The Bertz CT molecular complexity index is 1420. The number of hydrogen-bond donors (Lipinski definition) is 2. The van der Waals surface area contributed by atoms with Crippen LogP contribution in [0.1, 0.15) is 24.0 Å². The topological polar surface area (TPSA) is 91.6 Å². The maximum absolute atomic E-state index is 14.7. The highest BCUT2D eigenvalue weighted by molar-refractivity contribution is 7.93. The summed E-state index contributed by atoms with van der Waals surface area (Å²) in [4.78, 5) is 10.2. The van der Waals surface area contributed by atoms with Gasteiger partial charge in [-0.05, 0) is 50.2 Å². The van der Waals surface area contributed by atoms with Crippen LogP contribution in [0.15, 0.2) is 52.4 Å². The van der Waals surface area contributed by atoms with Crippen molar-refractivity contribution >= 4 is 38.6 Å². The molecule has 0 unspecified atom stereocenters. The molecule has 4 aromatic rings. The molecule has 4 heterocycles. The average Bonchev–Trinajstić information content (AvgIpc) is 3.58. The zero-order chi connectivity index (χ0) is 23.7. The lowest BCUT2D eigenvalue weighted by Gasteiger charge is -2.19. The maximum atomic E-state index is 14.7. The summed E-state index contributed by atoms with van der Waals surface area (Å²) in [5.74, 6) is -0.205. The number of likely N-dealkylation sites (tertiary alicyclic amines) is 1. The van der Waals surface area contributed by atoms with Crippen molar-refractivity contribution in [3.8, 4) is 0 Å². The number of nitrogens with zero attached hydrogens (tertiary/aromatic N) is 4. The first-order chi connectivity index (χ1) is 16.4. The van der Waals surface area contributed by atoms with E-state index in [0.29, 0.717) is 17.9 Å². The molecule has 0 bridgehead atoms. The van der Waals surface area contributed by atoms with Crippen molar-refractivity contribution in [2.45, 2.75) is 30.8 Å². The van der Waals surface area contributed by atoms with Gasteiger partial charge >= 0.3 is 0 Å². The van der Waals surface area contributed by atoms with Crippen molar-refractivity contribution in [3.63, 3.8) is 0 Å². The van der Waals surface area contributed by atoms with Crippen LogP contribution in [0.4, 0.5) is 20.4 Å². The Morgan fingerprint density at radius 3 is 2.53 bits per heavy atom. The number of imidazole rings is 1. The minimum absolute atomic E-state index is 0.0253. The van der Waals surface area contributed by atoms with Gasteiger partial charge in [0.2, 0.25) is 0 Å². The second kappa shape index (κ2) is 9.28. The quantitative estimate of drug-likeness (QED) is 0.376. The third kappa shape index (κ3) is 4.48. The Kier molecular flexibility index (Phi) is 6.19. The number of sulfonamides is 1. The van der Waals surface area contributed by atoms with Crippen LogP contribution in [0.5, 0.6) is 0 Å². The fourth-order valence-corrected chi connectivity index (χ4v) is 5.83. The standard InChI is InChI=1S/C22H22F2N6O2S2/c23-17-3-4-18(24)16(12-29-8-1-2-9-29)15(17)11-26-21-6-5-19(22-25-7-10-30(21)22)34(31,32)28-20-13-33-14-27-20/h3-7,10,13-14,26,28H,1-2,8-9,11-12H2. The molecule has 0 radical (unpaired) electrons. The molecular weight excluding hydrogens is 482 g/mol. The number of nitrogens with one attached hydrogen (secondary N) is 2. The molecule has 178 valence electrons. The molecule has 1 aliphatic heterocycles. The molecule has 0 spiro atoms. The molecule has 3 aromatic heterocycles. The Labute approximate surface area is 199 Å². The number of rotatable bonds is 8. The number of fused-ring (bicyclic) bond motifs is 1. The number of hydrogen-bond acceptors (Lipinski definition) is 7. The van der Waals surface area contributed by atoms with Crippen LogP contribution in [-0.2, 0) is 23.1 Å². The molecule has 1 saturated heterocycles. The van der Waals surface area contributed by atoms with E-state index in [1.54, 1.807) is 22.0 Å². The van der Waals surface area contributed by atoms with Gasteiger partial charge in [-0.25, -0.2) is 27.2 Å². The van der Waals surface area contributed by atoms with E-state index in [2.05, 4.69) is 24.9 Å². The van der Waals surface area contributed by atoms with Crippen molar-refractivity contribution in [1.29, 1.82) is 0 Å². The summed E-state index contributed by atoms with van der Waals surface area (Å²) in [6.07, 6.45) is 5.18. The maximum Gasteiger partial charge on any atom is 0.266 e. The van der Waals surface area contributed by atoms with Crippen molar-refractivity contribution in [2.75, 3.05) is 23.1 Å². The van der Waals surface area contributed by atoms with Crippen LogP contribution < -0.4 is 10.0 Å². The molecule has 5 rings (SSSR count). The lowest BCUT2D eigenvalue weighted by Crippen LogP contribution is -2.21. The largest absolute Gasteiger partial charge is 0.367 e. The van der Waals surface area contributed by atoms with E-state index in [1.165, 1.54) is 29.1 Å². The van der Waals surface area contributed by atoms with Gasteiger partial charge in [0, 0.05) is 42.0 Å². The Balaban J connectivity index is 1.42. The molecule has 1 fully saturated rings. The van der Waals surface area contributed by atoms with E-state index in [-0.39, 0.29) is 28.5 Å². The molecule has 2 N–H and O–H groups in total. The zero-order valence-electron chi connectivity index (χ0n) is 18.0. The highest BCUT2D eigenvalue weighted by atomic mass is 32.2. The fourth-order valence-electron chi connectivity index (χ4n) is 4.14. The molecule has 12 heteroatoms. The van der Waals surface area contributed by atoms with E-state index in [0.717, 1.165) is 38.1 Å². The number of anilines is 2. The van der Waals surface area contributed by atoms with Crippen LogP contribution in [0.2, 0.25) is 0 Å². The molecule has 1 aromatic carbocycles. The third-order valence-electron chi connectivity index (χ3n) is 5.82. The first-order valence-electron chi connectivity index (χ1n) is 10.7. The van der Waals surface area contributed by atoms with Gasteiger partial charge in [-0.3, -0.25) is 14.0 Å². The van der Waals surface area contributed by atoms with Gasteiger partial charge in [-0.15, -0.1) is 11.3 Å². The molecule has 0 aliphatic carbocycles. The molecule has 0 saturated carbocycles. The summed E-state index contributed by atoms with van der Waals surface area (Å²) < 4.78 is 59.1. The summed E-state index contributed by atoms with van der Waals surface area (Å²) in [5, 5.41) is 4.71. The molecule has 0 amide bonds. The van der Waals surface area contributed by atoms with Gasteiger partial charge in [0.25, 0.3) is 10.0 Å². The Morgan fingerprint density at radius 2 is 1.79 bits per heavy atom. The van der Waals surface area contributed by atoms with Gasteiger partial charge in [-0.2, -0.15) is 0 Å². The first kappa shape index (κ1) is 22.7. The van der Waals surface area contributed by atoms with Crippen LogP contribution in [-0.4, -0.2) is 40.8 Å². The predicted molar refractivity (Wildman–Crippen MR) is 126 cm³/mol. The molecule has 1 aliphatic rings. The summed E-state index contributed by atoms with van der Waals surface area (Å²) in [7, 11) is -3.93. The Hall–Kier alpha value is -3.09. The van der Waals surface area contributed by atoms with Crippen LogP contribution >= 0.6 is 11.3 Å². The normalized spacial score (nSPS) is 14.6. The number of thiazole rings is 1. The zero-order valence-corrected chi connectivity index (χ0v) is 19.7. The second-order valence-electron chi connectivity index (χ2n) is 8.01. The van der Waals surface area contributed by atoms with Crippen molar-refractivity contribution in [1.82, 2.24) is 19.3 Å². The minimum atomic E-state index is -3.93. The van der Waals surface area contributed by atoms with Gasteiger partial charge < -0.3 is 5.32 Å². The summed E-state index contributed by atoms with van der Waals surface area (Å²) in [6, 6.07) is 5.29. The number of aromatic nitrogens is 3. The summed E-state index contributed by atoms with van der Waals surface area (Å²) in [6.45, 7) is 2.11. The SMILES string of the molecule is O=S(=O)(Nc1cscn1)c1ccc(NCc2c(F)ccc(F)c2CN2CCCC2)n2ccnc12. The highest BCUT2D eigenvalue weighted by Gasteiger charge is 2.22. The van der Waals surface area contributed by atoms with Gasteiger partial charge in [0.1, 0.15) is 22.3 Å². The van der Waals surface area contributed by atoms with Gasteiger partial charge in [0.05, 0.1) is 5.51 Å². The molecule has 34 heavy (non-hydrogen) atoms. The van der Waals surface area contributed by atoms with Gasteiger partial charge in [-0.1, -0.05) is 0 Å². The molecule has 8 nitrogen and oxygen atoms in total. The van der Waals surface area contributed by atoms with E-state index in [4.69, 9.17) is 0 Å². The molecular formula is C22H22F2N6O2S2. The number of benzene rings is 1. The average molecular weight is 505 g/mol. The third-order valence-corrected chi connectivity index (χ3v) is 7.78. The van der Waals surface area contributed by atoms with E-state index in [1.807, 2.05) is 0 Å². The van der Waals surface area contributed by atoms with Crippen molar-refractivity contribution in [3.05, 3.63) is 70.3 Å². The second-order valence-corrected chi connectivity index (χ2v) is 10.4. The van der Waals surface area contributed by atoms with E-state index < -0.39 is 21.7 Å². The summed E-state index contributed by atoms with van der Waals surface area (Å²) in [5.41, 5.74) is 2.31. The highest BCUT2D eigenvalue weighted by Crippen LogP contribution is 2.26. The lowest BCUT2D eigenvalue weighted by atomic mass is 10.1. The van der Waals surface area contributed by atoms with Gasteiger partial charge in [0.15, 0.2) is 11.5 Å². The monoisotopic (exact) mass is 504 g/mol. The fraction of sp³-hybridized carbons (Fsp3) is 0.273. The van der Waals surface area contributed by atoms with E-state index >= 15 is 0 Å². The van der Waals surface area contributed by atoms with E-state index in [9.17, 15) is 17.2 Å². The van der Waals surface area contributed by atoms with Crippen LogP contribution in [0, 0.1) is 11.6 Å².